The SMILES string of the molecule is N#CC1(c2ncccc2-c2ccc(N3C[C@@H](CC4(F)C=NN=N4)OC3=O)cc2F)C2CNCC21. The van der Waals surface area contributed by atoms with Crippen molar-refractivity contribution in [2.24, 2.45) is 27.3 Å². The number of amides is 1. The molecule has 9 nitrogen and oxygen atoms in total. The molecule has 1 saturated carbocycles. The lowest BCUT2D eigenvalue weighted by atomic mass is 9.90. The average Bonchev–Trinajstić information content (AvgIpc) is 3.29. The standard InChI is InChI=1S/C23H19F2N7O2/c24-19-6-13(32-10-14(34-21(32)33)7-22(25)12-29-31-30-22)3-4-15(19)16-2-1-5-28-20(16)23(11-26)17-8-27-9-18(17)23/h1-6,12,14,17-18,27H,7-10H2/t14-,17?,18?,22?,23?/m1/s1. The summed E-state index contributed by atoms with van der Waals surface area (Å²) < 4.78 is 35.1. The Hall–Kier alpha value is -3.78. The number of ether oxygens (including phenoxy) is 1. The number of anilines is 1. The second-order valence-corrected chi connectivity index (χ2v) is 8.99. The highest BCUT2D eigenvalue weighted by molar-refractivity contribution is 5.90. The minimum Gasteiger partial charge on any atom is -0.444 e. The highest BCUT2D eigenvalue weighted by Gasteiger charge is 2.69. The lowest BCUT2D eigenvalue weighted by molar-refractivity contribution is 0.105. The second kappa shape index (κ2) is 7.36. The Labute approximate surface area is 193 Å². The summed E-state index contributed by atoms with van der Waals surface area (Å²) in [6.45, 7) is 1.52. The summed E-state index contributed by atoms with van der Waals surface area (Å²) in [4.78, 5) is 18.1. The second-order valence-electron chi connectivity index (χ2n) is 8.99. The van der Waals surface area contributed by atoms with Crippen LogP contribution in [0.4, 0.5) is 19.3 Å². The number of hydrogen-bond donors (Lipinski definition) is 1. The smallest absolute Gasteiger partial charge is 0.414 e. The molecule has 1 amide bonds. The van der Waals surface area contributed by atoms with Gasteiger partial charge in [-0.2, -0.15) is 5.26 Å². The van der Waals surface area contributed by atoms with Gasteiger partial charge in [0.1, 0.15) is 17.3 Å². The summed E-state index contributed by atoms with van der Waals surface area (Å²) in [6.07, 6.45) is 0.873. The largest absolute Gasteiger partial charge is 0.444 e. The number of nitrogens with one attached hydrogen (secondary N) is 1. The predicted octanol–water partition coefficient (Wildman–Crippen LogP) is 3.33. The molecule has 11 heteroatoms. The third kappa shape index (κ3) is 3.02. The fourth-order valence-electron chi connectivity index (χ4n) is 5.44. The van der Waals surface area contributed by atoms with Gasteiger partial charge < -0.3 is 10.1 Å². The number of benzene rings is 1. The van der Waals surface area contributed by atoms with Gasteiger partial charge in [0, 0.05) is 48.7 Å². The van der Waals surface area contributed by atoms with Crippen LogP contribution in [0.2, 0.25) is 0 Å². The van der Waals surface area contributed by atoms with Crippen LogP contribution in [0.15, 0.2) is 52.0 Å². The molecule has 1 aromatic heterocycles. The number of pyridine rings is 1. The summed E-state index contributed by atoms with van der Waals surface area (Å²) in [5.41, 5.74) is 1.02. The number of piperidine rings is 1. The molecule has 2 aromatic rings. The molecule has 2 saturated heterocycles. The lowest BCUT2D eigenvalue weighted by Gasteiger charge is -2.19. The van der Waals surface area contributed by atoms with E-state index in [-0.39, 0.29) is 30.5 Å². The van der Waals surface area contributed by atoms with Crippen LogP contribution >= 0.6 is 0 Å². The maximum Gasteiger partial charge on any atom is 0.414 e. The number of carbonyl (C=O) groups is 1. The van der Waals surface area contributed by atoms with Gasteiger partial charge in [0.15, 0.2) is 0 Å². The highest BCUT2D eigenvalue weighted by Crippen LogP contribution is 2.62. The predicted molar refractivity (Wildman–Crippen MR) is 116 cm³/mol. The first-order valence-electron chi connectivity index (χ1n) is 11.0. The van der Waals surface area contributed by atoms with Crippen LogP contribution in [0.5, 0.6) is 0 Å². The third-order valence-corrected chi connectivity index (χ3v) is 7.12. The summed E-state index contributed by atoms with van der Waals surface area (Å²) in [5.74, 6) is -2.35. The van der Waals surface area contributed by atoms with Gasteiger partial charge in [0.25, 0.3) is 5.79 Å². The van der Waals surface area contributed by atoms with Gasteiger partial charge in [-0.25, -0.2) is 13.6 Å². The topological polar surface area (TPSA) is 115 Å². The van der Waals surface area contributed by atoms with Gasteiger partial charge in [0.05, 0.1) is 30.2 Å². The molecule has 34 heavy (non-hydrogen) atoms. The molecular formula is C23H19F2N7O2. The zero-order chi connectivity index (χ0) is 23.5. The zero-order valence-corrected chi connectivity index (χ0v) is 17.9. The molecule has 4 atom stereocenters. The summed E-state index contributed by atoms with van der Waals surface area (Å²) >= 11 is 0. The molecule has 6 rings (SSSR count). The van der Waals surface area contributed by atoms with Gasteiger partial charge in [0.2, 0.25) is 0 Å². The van der Waals surface area contributed by atoms with E-state index < -0.39 is 29.2 Å². The van der Waals surface area contributed by atoms with Gasteiger partial charge >= 0.3 is 6.09 Å². The maximum atomic E-state index is 15.4. The van der Waals surface area contributed by atoms with Crippen molar-refractivity contribution in [3.05, 3.63) is 48.0 Å². The fraction of sp³-hybridized carbons (Fsp3) is 0.391. The van der Waals surface area contributed by atoms with E-state index in [1.807, 2.05) is 0 Å². The molecule has 1 aromatic carbocycles. The number of fused-ring (bicyclic) bond motifs is 1. The van der Waals surface area contributed by atoms with Crippen LogP contribution in [0.3, 0.4) is 0 Å². The number of halogens is 2. The Bertz CT molecular complexity index is 1270. The molecule has 1 N–H and O–H groups in total. The highest BCUT2D eigenvalue weighted by atomic mass is 19.1. The van der Waals surface area contributed by atoms with E-state index in [1.165, 1.54) is 11.0 Å². The number of nitrogens with zero attached hydrogens (tertiary/aromatic N) is 6. The summed E-state index contributed by atoms with van der Waals surface area (Å²) in [6, 6.07) is 10.3. The monoisotopic (exact) mass is 463 g/mol. The van der Waals surface area contributed by atoms with Crippen LogP contribution in [0.1, 0.15) is 12.1 Å². The van der Waals surface area contributed by atoms with Gasteiger partial charge in [-0.3, -0.25) is 9.88 Å². The number of nitriles is 1. The van der Waals surface area contributed by atoms with E-state index in [1.54, 1.807) is 30.5 Å². The molecule has 0 bridgehead atoms. The molecule has 0 spiro atoms. The van der Waals surface area contributed by atoms with E-state index in [9.17, 15) is 14.4 Å². The minimum absolute atomic E-state index is 0.0404. The van der Waals surface area contributed by atoms with E-state index in [4.69, 9.17) is 4.74 Å². The molecular weight excluding hydrogens is 444 g/mol. The van der Waals surface area contributed by atoms with Crippen LogP contribution in [0, 0.1) is 29.0 Å². The summed E-state index contributed by atoms with van der Waals surface area (Å²) in [5, 5.41) is 23.4. The van der Waals surface area contributed by atoms with Crippen molar-refractivity contribution >= 4 is 18.0 Å². The maximum absolute atomic E-state index is 15.4. The first-order valence-corrected chi connectivity index (χ1v) is 11.0. The molecule has 1 aliphatic carbocycles. The Morgan fingerprint density at radius 1 is 1.26 bits per heavy atom. The van der Waals surface area contributed by atoms with E-state index in [0.717, 1.165) is 19.3 Å². The number of cyclic esters (lactones) is 1. The first-order chi connectivity index (χ1) is 16.4. The van der Waals surface area contributed by atoms with E-state index in [0.29, 0.717) is 16.8 Å². The third-order valence-electron chi connectivity index (χ3n) is 7.12. The molecule has 4 aliphatic rings. The van der Waals surface area contributed by atoms with Gasteiger partial charge in [-0.15, -0.1) is 10.2 Å². The van der Waals surface area contributed by atoms with Gasteiger partial charge in [-0.05, 0) is 29.5 Å². The van der Waals surface area contributed by atoms with E-state index in [2.05, 4.69) is 31.8 Å². The van der Waals surface area contributed by atoms with Crippen molar-refractivity contribution < 1.29 is 18.3 Å². The number of carbonyl (C=O) groups excluding carboxylic acids is 1. The Morgan fingerprint density at radius 2 is 2.09 bits per heavy atom. The van der Waals surface area contributed by atoms with Crippen molar-refractivity contribution in [3.8, 4) is 17.2 Å². The number of hydrogen-bond acceptors (Lipinski definition) is 8. The van der Waals surface area contributed by atoms with Crippen molar-refractivity contribution in [1.82, 2.24) is 10.3 Å². The van der Waals surface area contributed by atoms with Crippen molar-refractivity contribution in [2.45, 2.75) is 23.7 Å². The van der Waals surface area contributed by atoms with E-state index >= 15 is 4.39 Å². The minimum atomic E-state index is -2.11. The van der Waals surface area contributed by atoms with Crippen LogP contribution in [0.25, 0.3) is 11.1 Å². The van der Waals surface area contributed by atoms with Crippen LogP contribution in [-0.2, 0) is 10.2 Å². The van der Waals surface area contributed by atoms with Crippen molar-refractivity contribution in [3.63, 3.8) is 0 Å². The van der Waals surface area contributed by atoms with Crippen molar-refractivity contribution in [1.29, 1.82) is 5.26 Å². The quantitative estimate of drug-likeness (QED) is 0.683. The lowest BCUT2D eigenvalue weighted by Crippen LogP contribution is -2.30. The molecule has 172 valence electrons. The molecule has 0 radical (unpaired) electrons. The van der Waals surface area contributed by atoms with Crippen LogP contribution in [-0.4, -0.2) is 48.8 Å². The average molecular weight is 463 g/mol. The Kier molecular flexibility index (Phi) is 4.50. The normalized spacial score (nSPS) is 33.1. The molecule has 4 heterocycles. The number of rotatable bonds is 5. The Morgan fingerprint density at radius 3 is 2.79 bits per heavy atom. The molecule has 3 unspecified atom stereocenters. The number of alkyl halides is 1. The first kappa shape index (κ1) is 20.8. The zero-order valence-electron chi connectivity index (χ0n) is 17.9. The molecule has 3 fully saturated rings. The van der Waals surface area contributed by atoms with Crippen molar-refractivity contribution in [2.75, 3.05) is 24.5 Å². The fourth-order valence-corrected chi connectivity index (χ4v) is 5.44. The summed E-state index contributed by atoms with van der Waals surface area (Å²) in [7, 11) is 0. The van der Waals surface area contributed by atoms with Gasteiger partial charge in [-0.1, -0.05) is 6.07 Å². The Balaban J connectivity index is 1.27. The molecule has 3 aliphatic heterocycles. The number of aromatic nitrogens is 1. The van der Waals surface area contributed by atoms with Crippen LogP contribution < -0.4 is 10.2 Å².